The average Bonchev–Trinajstić information content (AvgIpc) is 3.19. The van der Waals surface area contributed by atoms with E-state index in [1.165, 1.54) is 12.8 Å². The van der Waals surface area contributed by atoms with Crippen LogP contribution in [0.15, 0.2) is 60.7 Å². The lowest BCUT2D eigenvalue weighted by Crippen LogP contribution is -2.21. The second-order valence-electron chi connectivity index (χ2n) is 6.10. The first-order valence-corrected chi connectivity index (χ1v) is 8.88. The molecule has 1 aromatic heterocycles. The van der Waals surface area contributed by atoms with Gasteiger partial charge in [0, 0.05) is 24.7 Å². The second-order valence-corrected chi connectivity index (χ2v) is 6.51. The Morgan fingerprint density at radius 2 is 1.60 bits per heavy atom. The summed E-state index contributed by atoms with van der Waals surface area (Å²) in [5.41, 5.74) is 2.83. The molecule has 0 saturated carbocycles. The van der Waals surface area contributed by atoms with Crippen LogP contribution in [-0.2, 0) is 0 Å². The van der Waals surface area contributed by atoms with Gasteiger partial charge in [-0.3, -0.25) is 0 Å². The van der Waals surface area contributed by atoms with Crippen LogP contribution in [0.5, 0.6) is 0 Å². The van der Waals surface area contributed by atoms with E-state index in [1.807, 2.05) is 48.5 Å². The lowest BCUT2D eigenvalue weighted by molar-refractivity contribution is 0.902. The summed E-state index contributed by atoms with van der Waals surface area (Å²) in [4.78, 5) is 11.8. The molecule has 1 N–H and O–H groups in total. The largest absolute Gasteiger partial charge is 0.341 e. The first-order valence-electron chi connectivity index (χ1n) is 8.50. The maximum Gasteiger partial charge on any atom is 0.227 e. The third-order valence-electron chi connectivity index (χ3n) is 4.31. The van der Waals surface area contributed by atoms with Gasteiger partial charge in [-0.05, 0) is 25.0 Å². The SMILES string of the molecule is Clc1ccccc1Nc1cc(-c2ccccc2)nc(N2CCCC2)n1. The minimum atomic E-state index is 0.671. The zero-order chi connectivity index (χ0) is 17.1. The van der Waals surface area contributed by atoms with E-state index < -0.39 is 0 Å². The van der Waals surface area contributed by atoms with Crippen molar-refractivity contribution in [3.8, 4) is 11.3 Å². The molecule has 0 amide bonds. The summed E-state index contributed by atoms with van der Waals surface area (Å²) >= 11 is 6.28. The number of hydrogen-bond donors (Lipinski definition) is 1. The molecule has 25 heavy (non-hydrogen) atoms. The van der Waals surface area contributed by atoms with Crippen molar-refractivity contribution in [1.82, 2.24) is 9.97 Å². The minimum absolute atomic E-state index is 0.671. The van der Waals surface area contributed by atoms with Gasteiger partial charge in [0.2, 0.25) is 5.95 Å². The van der Waals surface area contributed by atoms with Crippen molar-refractivity contribution in [2.24, 2.45) is 0 Å². The van der Waals surface area contributed by atoms with Crippen molar-refractivity contribution in [3.05, 3.63) is 65.7 Å². The van der Waals surface area contributed by atoms with Crippen molar-refractivity contribution in [2.75, 3.05) is 23.3 Å². The molecule has 0 atom stereocenters. The number of aromatic nitrogens is 2. The molecule has 4 nitrogen and oxygen atoms in total. The van der Waals surface area contributed by atoms with Crippen LogP contribution in [0.2, 0.25) is 5.02 Å². The third kappa shape index (κ3) is 3.59. The number of nitrogens with one attached hydrogen (secondary N) is 1. The topological polar surface area (TPSA) is 41.1 Å². The Bertz CT molecular complexity index is 861. The Kier molecular flexibility index (Phi) is 4.53. The second kappa shape index (κ2) is 7.11. The zero-order valence-electron chi connectivity index (χ0n) is 13.8. The van der Waals surface area contributed by atoms with Gasteiger partial charge in [-0.25, -0.2) is 4.98 Å². The van der Waals surface area contributed by atoms with E-state index in [9.17, 15) is 0 Å². The van der Waals surface area contributed by atoms with Crippen LogP contribution >= 0.6 is 11.6 Å². The molecule has 3 aromatic rings. The molecule has 1 aliphatic heterocycles. The van der Waals surface area contributed by atoms with Crippen molar-refractivity contribution >= 4 is 29.1 Å². The van der Waals surface area contributed by atoms with Crippen LogP contribution in [0.3, 0.4) is 0 Å². The highest BCUT2D eigenvalue weighted by molar-refractivity contribution is 6.33. The molecule has 0 radical (unpaired) electrons. The zero-order valence-corrected chi connectivity index (χ0v) is 14.6. The Balaban J connectivity index is 1.74. The summed E-state index contributed by atoms with van der Waals surface area (Å²) in [5, 5.41) is 4.01. The van der Waals surface area contributed by atoms with Crippen molar-refractivity contribution < 1.29 is 0 Å². The van der Waals surface area contributed by atoms with Crippen LogP contribution < -0.4 is 10.2 Å². The summed E-state index contributed by atoms with van der Waals surface area (Å²) in [6.45, 7) is 2.01. The molecule has 5 heteroatoms. The summed E-state index contributed by atoms with van der Waals surface area (Å²) in [5.74, 6) is 1.53. The highest BCUT2D eigenvalue weighted by Crippen LogP contribution is 2.28. The molecule has 1 saturated heterocycles. The van der Waals surface area contributed by atoms with E-state index in [1.54, 1.807) is 0 Å². The summed E-state index contributed by atoms with van der Waals surface area (Å²) in [6.07, 6.45) is 2.37. The monoisotopic (exact) mass is 350 g/mol. The number of halogens is 1. The molecule has 0 bridgehead atoms. The number of nitrogens with zero attached hydrogens (tertiary/aromatic N) is 3. The minimum Gasteiger partial charge on any atom is -0.341 e. The van der Waals surface area contributed by atoms with Crippen molar-refractivity contribution in [3.63, 3.8) is 0 Å². The highest BCUT2D eigenvalue weighted by Gasteiger charge is 2.17. The van der Waals surface area contributed by atoms with Gasteiger partial charge in [0.15, 0.2) is 0 Å². The van der Waals surface area contributed by atoms with Crippen molar-refractivity contribution in [1.29, 1.82) is 0 Å². The van der Waals surface area contributed by atoms with E-state index in [0.717, 1.165) is 41.8 Å². The number of anilines is 3. The average molecular weight is 351 g/mol. The molecule has 2 aromatic carbocycles. The smallest absolute Gasteiger partial charge is 0.227 e. The molecule has 4 rings (SSSR count). The molecular formula is C20H19ClN4. The molecule has 1 aliphatic rings. The first kappa shape index (κ1) is 15.9. The molecule has 126 valence electrons. The maximum absolute atomic E-state index is 6.28. The molecular weight excluding hydrogens is 332 g/mol. The quantitative estimate of drug-likeness (QED) is 0.707. The first-order chi connectivity index (χ1) is 12.3. The van der Waals surface area contributed by atoms with Gasteiger partial charge < -0.3 is 10.2 Å². The predicted molar refractivity (Wildman–Crippen MR) is 104 cm³/mol. The summed E-state index contributed by atoms with van der Waals surface area (Å²) in [7, 11) is 0. The van der Waals surface area contributed by atoms with E-state index in [4.69, 9.17) is 21.6 Å². The normalized spacial score (nSPS) is 13.9. The lowest BCUT2D eigenvalue weighted by atomic mass is 10.1. The fraction of sp³-hybridized carbons (Fsp3) is 0.200. The van der Waals surface area contributed by atoms with Crippen LogP contribution in [0.25, 0.3) is 11.3 Å². The van der Waals surface area contributed by atoms with E-state index in [2.05, 4.69) is 22.3 Å². The Hall–Kier alpha value is -2.59. The number of benzene rings is 2. The Morgan fingerprint density at radius 1 is 0.880 bits per heavy atom. The fourth-order valence-corrected chi connectivity index (χ4v) is 3.20. The standard InChI is InChI=1S/C20H19ClN4/c21-16-10-4-5-11-17(16)22-19-14-18(15-8-2-1-3-9-15)23-20(24-19)25-12-6-7-13-25/h1-5,8-11,14H,6-7,12-13H2,(H,22,23,24). The summed E-state index contributed by atoms with van der Waals surface area (Å²) in [6, 6.07) is 19.8. The predicted octanol–water partition coefficient (Wildman–Crippen LogP) is 5.14. The van der Waals surface area contributed by atoms with E-state index in [-0.39, 0.29) is 0 Å². The Morgan fingerprint density at radius 3 is 2.36 bits per heavy atom. The van der Waals surface area contributed by atoms with Gasteiger partial charge in [-0.1, -0.05) is 54.1 Å². The number of hydrogen-bond acceptors (Lipinski definition) is 4. The van der Waals surface area contributed by atoms with Gasteiger partial charge >= 0.3 is 0 Å². The maximum atomic E-state index is 6.28. The molecule has 0 unspecified atom stereocenters. The van der Waals surface area contributed by atoms with E-state index in [0.29, 0.717) is 5.02 Å². The van der Waals surface area contributed by atoms with Crippen LogP contribution in [-0.4, -0.2) is 23.1 Å². The molecule has 0 spiro atoms. The van der Waals surface area contributed by atoms with Gasteiger partial charge in [-0.2, -0.15) is 4.98 Å². The van der Waals surface area contributed by atoms with Gasteiger partial charge in [-0.15, -0.1) is 0 Å². The number of rotatable bonds is 4. The lowest BCUT2D eigenvalue weighted by Gasteiger charge is -2.18. The Labute approximate surface area is 152 Å². The summed E-state index contributed by atoms with van der Waals surface area (Å²) < 4.78 is 0. The fourth-order valence-electron chi connectivity index (χ4n) is 3.01. The van der Waals surface area contributed by atoms with E-state index >= 15 is 0 Å². The van der Waals surface area contributed by atoms with Crippen molar-refractivity contribution in [2.45, 2.75) is 12.8 Å². The van der Waals surface area contributed by atoms with Crippen LogP contribution in [0.1, 0.15) is 12.8 Å². The van der Waals surface area contributed by atoms with Crippen LogP contribution in [0.4, 0.5) is 17.5 Å². The van der Waals surface area contributed by atoms with Crippen LogP contribution in [0, 0.1) is 0 Å². The number of para-hydroxylation sites is 1. The third-order valence-corrected chi connectivity index (χ3v) is 4.64. The van der Waals surface area contributed by atoms with Gasteiger partial charge in [0.05, 0.1) is 16.4 Å². The molecule has 1 fully saturated rings. The molecule has 2 heterocycles. The van der Waals surface area contributed by atoms with Gasteiger partial charge in [0.1, 0.15) is 5.82 Å². The van der Waals surface area contributed by atoms with Gasteiger partial charge in [0.25, 0.3) is 0 Å². The highest BCUT2D eigenvalue weighted by atomic mass is 35.5. The molecule has 0 aliphatic carbocycles.